The number of anilines is 3. The van der Waals surface area contributed by atoms with Crippen molar-refractivity contribution in [2.24, 2.45) is 5.92 Å². The molecule has 1 heterocycles. The SMILES string of the molecule is Cc1ccc(N2C(=O)C(Nc3ccccc3)=C(Sc3cccc(NC(=O)C4CCCC4)c3)C2=O)cc1. The van der Waals surface area contributed by atoms with Crippen LogP contribution in [-0.2, 0) is 14.4 Å². The maximum atomic E-state index is 13.6. The minimum Gasteiger partial charge on any atom is -0.350 e. The summed E-state index contributed by atoms with van der Waals surface area (Å²) in [5, 5.41) is 6.18. The Balaban J connectivity index is 1.44. The lowest BCUT2D eigenvalue weighted by Gasteiger charge is -2.15. The summed E-state index contributed by atoms with van der Waals surface area (Å²) in [5.41, 5.74) is 3.20. The zero-order valence-corrected chi connectivity index (χ0v) is 20.8. The highest BCUT2D eigenvalue weighted by Gasteiger charge is 2.40. The van der Waals surface area contributed by atoms with Crippen LogP contribution in [0.4, 0.5) is 17.1 Å². The summed E-state index contributed by atoms with van der Waals surface area (Å²) in [5.74, 6) is -0.686. The van der Waals surface area contributed by atoms with Gasteiger partial charge in [-0.25, -0.2) is 4.90 Å². The highest BCUT2D eigenvalue weighted by atomic mass is 32.2. The van der Waals surface area contributed by atoms with Crippen LogP contribution in [0.5, 0.6) is 0 Å². The third-order valence-electron chi connectivity index (χ3n) is 6.42. The predicted molar refractivity (Wildman–Crippen MR) is 144 cm³/mol. The number of aryl methyl sites for hydroxylation is 1. The van der Waals surface area contributed by atoms with E-state index < -0.39 is 5.91 Å². The number of nitrogens with zero attached hydrogens (tertiary/aromatic N) is 1. The van der Waals surface area contributed by atoms with Crippen LogP contribution in [0, 0.1) is 12.8 Å². The molecule has 6 nitrogen and oxygen atoms in total. The van der Waals surface area contributed by atoms with Crippen LogP contribution >= 0.6 is 11.8 Å². The van der Waals surface area contributed by atoms with E-state index in [2.05, 4.69) is 10.6 Å². The molecule has 0 saturated heterocycles. The van der Waals surface area contributed by atoms with Crippen LogP contribution in [0.15, 0.2) is 94.4 Å². The second kappa shape index (κ2) is 10.4. The topological polar surface area (TPSA) is 78.5 Å². The zero-order chi connectivity index (χ0) is 25.1. The van der Waals surface area contributed by atoms with Crippen molar-refractivity contribution in [3.05, 3.63) is 95.0 Å². The van der Waals surface area contributed by atoms with Gasteiger partial charge in [0, 0.05) is 22.2 Å². The van der Waals surface area contributed by atoms with Crippen LogP contribution in [0.3, 0.4) is 0 Å². The summed E-state index contributed by atoms with van der Waals surface area (Å²) in [6, 6.07) is 24.0. The molecule has 0 aromatic heterocycles. The van der Waals surface area contributed by atoms with Crippen LogP contribution < -0.4 is 15.5 Å². The Morgan fingerprint density at radius 3 is 2.28 bits per heavy atom. The van der Waals surface area contributed by atoms with E-state index in [1.54, 1.807) is 12.1 Å². The van der Waals surface area contributed by atoms with Crippen LogP contribution in [0.2, 0.25) is 0 Å². The Morgan fingerprint density at radius 2 is 1.56 bits per heavy atom. The lowest BCUT2D eigenvalue weighted by atomic mass is 10.1. The van der Waals surface area contributed by atoms with Crippen LogP contribution in [-0.4, -0.2) is 17.7 Å². The van der Waals surface area contributed by atoms with Crippen molar-refractivity contribution < 1.29 is 14.4 Å². The lowest BCUT2D eigenvalue weighted by Crippen LogP contribution is -2.32. The molecule has 0 unspecified atom stereocenters. The maximum absolute atomic E-state index is 13.6. The number of carbonyl (C=O) groups is 3. The van der Waals surface area contributed by atoms with E-state index >= 15 is 0 Å². The predicted octanol–water partition coefficient (Wildman–Crippen LogP) is 6.11. The van der Waals surface area contributed by atoms with Crippen molar-refractivity contribution in [3.8, 4) is 0 Å². The molecule has 0 radical (unpaired) electrons. The largest absolute Gasteiger partial charge is 0.350 e. The van der Waals surface area contributed by atoms with Gasteiger partial charge >= 0.3 is 0 Å². The van der Waals surface area contributed by atoms with Crippen molar-refractivity contribution in [1.29, 1.82) is 0 Å². The van der Waals surface area contributed by atoms with Gasteiger partial charge in [0.15, 0.2) is 0 Å². The fraction of sp³-hybridized carbons (Fsp3) is 0.207. The van der Waals surface area contributed by atoms with Gasteiger partial charge in [0.1, 0.15) is 10.6 Å². The number of nitrogens with one attached hydrogen (secondary N) is 2. The van der Waals surface area contributed by atoms with Crippen molar-refractivity contribution in [3.63, 3.8) is 0 Å². The molecule has 1 saturated carbocycles. The van der Waals surface area contributed by atoms with Crippen molar-refractivity contribution in [1.82, 2.24) is 0 Å². The molecule has 182 valence electrons. The average Bonchev–Trinajstić information content (AvgIpc) is 3.50. The molecule has 2 N–H and O–H groups in total. The van der Waals surface area contributed by atoms with Gasteiger partial charge in [-0.15, -0.1) is 0 Å². The van der Waals surface area contributed by atoms with E-state index in [9.17, 15) is 14.4 Å². The first-order chi connectivity index (χ1) is 17.5. The smallest absolute Gasteiger partial charge is 0.283 e. The van der Waals surface area contributed by atoms with Gasteiger partial charge < -0.3 is 10.6 Å². The van der Waals surface area contributed by atoms with E-state index in [0.29, 0.717) is 16.3 Å². The summed E-state index contributed by atoms with van der Waals surface area (Å²) >= 11 is 1.22. The molecule has 0 bridgehead atoms. The maximum Gasteiger partial charge on any atom is 0.283 e. The van der Waals surface area contributed by atoms with Gasteiger partial charge in [0.2, 0.25) is 5.91 Å². The van der Waals surface area contributed by atoms with Crippen molar-refractivity contribution in [2.75, 3.05) is 15.5 Å². The normalized spacial score (nSPS) is 16.1. The van der Waals surface area contributed by atoms with Gasteiger partial charge in [-0.05, 0) is 62.2 Å². The van der Waals surface area contributed by atoms with Crippen molar-refractivity contribution in [2.45, 2.75) is 37.5 Å². The molecule has 1 aliphatic carbocycles. The fourth-order valence-electron chi connectivity index (χ4n) is 4.50. The molecule has 36 heavy (non-hydrogen) atoms. The molecule has 5 rings (SSSR count). The summed E-state index contributed by atoms with van der Waals surface area (Å²) in [6.45, 7) is 1.96. The number of thioether (sulfide) groups is 1. The van der Waals surface area contributed by atoms with E-state index in [0.717, 1.165) is 41.8 Å². The molecule has 3 aromatic rings. The standard InChI is InChI=1S/C29H27N3O3S/c1-19-14-16-23(17-15-19)32-28(34)25(30-21-10-3-2-4-11-21)26(29(32)35)36-24-13-7-12-22(18-24)31-27(33)20-8-5-6-9-20/h2-4,7,10-18,20,30H,5-6,8-9H2,1H3,(H,31,33). The zero-order valence-electron chi connectivity index (χ0n) is 20.0. The minimum atomic E-state index is -0.402. The number of benzene rings is 3. The Hall–Kier alpha value is -3.84. The first kappa shape index (κ1) is 23.9. The Bertz CT molecular complexity index is 1330. The highest BCUT2D eigenvalue weighted by molar-refractivity contribution is 8.04. The van der Waals surface area contributed by atoms with Crippen molar-refractivity contribution >= 4 is 46.5 Å². The van der Waals surface area contributed by atoms with Gasteiger partial charge in [0.05, 0.1) is 5.69 Å². The number of carbonyl (C=O) groups excluding carboxylic acids is 3. The number of amides is 3. The van der Waals surface area contributed by atoms with E-state index in [1.807, 2.05) is 73.7 Å². The molecular formula is C29H27N3O3S. The molecule has 3 aromatic carbocycles. The molecule has 1 aliphatic heterocycles. The molecule has 0 atom stereocenters. The monoisotopic (exact) mass is 497 g/mol. The summed E-state index contributed by atoms with van der Waals surface area (Å²) < 4.78 is 0. The average molecular weight is 498 g/mol. The number of imide groups is 1. The first-order valence-electron chi connectivity index (χ1n) is 12.1. The fourth-order valence-corrected chi connectivity index (χ4v) is 5.48. The lowest BCUT2D eigenvalue weighted by molar-refractivity contribution is -0.121. The highest BCUT2D eigenvalue weighted by Crippen LogP contribution is 2.38. The number of hydrogen-bond acceptors (Lipinski definition) is 5. The van der Waals surface area contributed by atoms with Gasteiger partial charge in [-0.3, -0.25) is 14.4 Å². The summed E-state index contributed by atoms with van der Waals surface area (Å²) in [6.07, 6.45) is 4.03. The van der Waals surface area contributed by atoms with Crippen LogP contribution in [0.25, 0.3) is 0 Å². The van der Waals surface area contributed by atoms with Crippen LogP contribution in [0.1, 0.15) is 31.2 Å². The number of rotatable bonds is 7. The third-order valence-corrected chi connectivity index (χ3v) is 7.50. The van der Waals surface area contributed by atoms with Gasteiger partial charge in [-0.2, -0.15) is 0 Å². The molecule has 0 spiro atoms. The molecule has 1 fully saturated rings. The number of para-hydroxylation sites is 1. The summed E-state index contributed by atoms with van der Waals surface area (Å²) in [4.78, 5) is 41.9. The van der Waals surface area contributed by atoms with Gasteiger partial charge in [0.25, 0.3) is 11.8 Å². The second-order valence-corrected chi connectivity index (χ2v) is 10.2. The summed E-state index contributed by atoms with van der Waals surface area (Å²) in [7, 11) is 0. The minimum absolute atomic E-state index is 0.0398. The van der Waals surface area contributed by atoms with E-state index in [-0.39, 0.29) is 23.4 Å². The first-order valence-corrected chi connectivity index (χ1v) is 12.9. The molecule has 7 heteroatoms. The quantitative estimate of drug-likeness (QED) is 0.385. The molecule has 3 amide bonds. The van der Waals surface area contributed by atoms with E-state index in [1.165, 1.54) is 16.7 Å². The molecular weight excluding hydrogens is 470 g/mol. The Kier molecular flexibility index (Phi) is 6.91. The third kappa shape index (κ3) is 5.06. The molecule has 2 aliphatic rings. The van der Waals surface area contributed by atoms with E-state index in [4.69, 9.17) is 0 Å². The Labute approximate surface area is 214 Å². The van der Waals surface area contributed by atoms with Gasteiger partial charge in [-0.1, -0.05) is 66.6 Å². The second-order valence-electron chi connectivity index (χ2n) is 9.08. The Morgan fingerprint density at radius 1 is 0.861 bits per heavy atom. The number of hydrogen-bond donors (Lipinski definition) is 2.